The van der Waals surface area contributed by atoms with E-state index < -0.39 is 10.8 Å². The number of para-hydroxylation sites is 1. The number of nitrogens with one attached hydrogen (secondary N) is 1. The van der Waals surface area contributed by atoms with Crippen molar-refractivity contribution in [3.63, 3.8) is 0 Å². The SMILES string of the molecule is CN(CC(N)=O)c1cccc(NN)c1[N+](=O)[O-]. The average Bonchev–Trinajstić information content (AvgIpc) is 2.26. The Morgan fingerprint density at radius 1 is 1.59 bits per heavy atom. The average molecular weight is 239 g/mol. The normalized spacial score (nSPS) is 9.76. The predicted octanol–water partition coefficient (Wildman–Crippen LogP) is -0.198. The van der Waals surface area contributed by atoms with Crippen molar-refractivity contribution in [1.82, 2.24) is 0 Å². The molecule has 0 heterocycles. The molecule has 1 rings (SSSR count). The molecule has 0 spiro atoms. The lowest BCUT2D eigenvalue weighted by Gasteiger charge is -2.18. The van der Waals surface area contributed by atoms with Crippen LogP contribution in [0.2, 0.25) is 0 Å². The first-order valence-electron chi connectivity index (χ1n) is 4.70. The van der Waals surface area contributed by atoms with Crippen molar-refractivity contribution in [1.29, 1.82) is 0 Å². The quantitative estimate of drug-likeness (QED) is 0.371. The molecule has 0 aliphatic rings. The van der Waals surface area contributed by atoms with Crippen LogP contribution in [0.25, 0.3) is 0 Å². The van der Waals surface area contributed by atoms with E-state index in [0.717, 1.165) is 0 Å². The Morgan fingerprint density at radius 3 is 2.71 bits per heavy atom. The summed E-state index contributed by atoms with van der Waals surface area (Å²) in [5.41, 5.74) is 7.52. The second kappa shape index (κ2) is 5.12. The Morgan fingerprint density at radius 2 is 2.24 bits per heavy atom. The number of nitrogens with two attached hydrogens (primary N) is 2. The highest BCUT2D eigenvalue weighted by Crippen LogP contribution is 2.34. The van der Waals surface area contributed by atoms with Gasteiger partial charge in [0.1, 0.15) is 11.4 Å². The molecular formula is C9H13N5O3. The molecule has 0 atom stereocenters. The number of primary amides is 1. The molecule has 1 aromatic rings. The molecule has 8 nitrogen and oxygen atoms in total. The van der Waals surface area contributed by atoms with Gasteiger partial charge in [-0.3, -0.25) is 20.8 Å². The maximum atomic E-state index is 11.0. The van der Waals surface area contributed by atoms with Crippen LogP contribution in [-0.2, 0) is 4.79 Å². The number of nitrogen functional groups attached to an aromatic ring is 1. The number of benzene rings is 1. The molecule has 1 aromatic carbocycles. The maximum absolute atomic E-state index is 11.0. The fraction of sp³-hybridized carbons (Fsp3) is 0.222. The third kappa shape index (κ3) is 2.82. The topological polar surface area (TPSA) is 128 Å². The molecule has 0 bridgehead atoms. The summed E-state index contributed by atoms with van der Waals surface area (Å²) in [5, 5.41) is 11.0. The minimum atomic E-state index is -0.576. The number of nitrogens with zero attached hydrogens (tertiary/aromatic N) is 2. The lowest BCUT2D eigenvalue weighted by Crippen LogP contribution is -2.31. The predicted molar refractivity (Wildman–Crippen MR) is 63.4 cm³/mol. The monoisotopic (exact) mass is 239 g/mol. The Bertz CT molecular complexity index is 448. The lowest BCUT2D eigenvalue weighted by atomic mass is 10.2. The van der Waals surface area contributed by atoms with E-state index in [1.165, 1.54) is 24.1 Å². The van der Waals surface area contributed by atoms with Crippen LogP contribution in [0, 0.1) is 10.1 Å². The highest BCUT2D eigenvalue weighted by molar-refractivity contribution is 5.83. The van der Waals surface area contributed by atoms with Crippen LogP contribution >= 0.6 is 0 Å². The maximum Gasteiger partial charge on any atom is 0.316 e. The van der Waals surface area contributed by atoms with Gasteiger partial charge in [0.15, 0.2) is 0 Å². The van der Waals surface area contributed by atoms with Crippen LogP contribution < -0.4 is 21.9 Å². The van der Waals surface area contributed by atoms with Gasteiger partial charge in [-0.2, -0.15) is 0 Å². The standard InChI is InChI=1S/C9H13N5O3/c1-13(5-8(10)15)7-4-2-3-6(12-11)9(7)14(16)17/h2-4,12H,5,11H2,1H3,(H2,10,15). The van der Waals surface area contributed by atoms with Crippen LogP contribution in [0.3, 0.4) is 0 Å². The summed E-state index contributed by atoms with van der Waals surface area (Å²) in [5.74, 6) is 4.62. The molecule has 0 saturated heterocycles. The van der Waals surface area contributed by atoms with E-state index in [4.69, 9.17) is 11.6 Å². The smallest absolute Gasteiger partial charge is 0.316 e. The molecule has 17 heavy (non-hydrogen) atoms. The zero-order valence-electron chi connectivity index (χ0n) is 9.21. The van der Waals surface area contributed by atoms with Crippen LogP contribution in [0.1, 0.15) is 0 Å². The number of likely N-dealkylation sites (N-methyl/N-ethyl adjacent to an activating group) is 1. The molecular weight excluding hydrogens is 226 g/mol. The Kier molecular flexibility index (Phi) is 3.83. The van der Waals surface area contributed by atoms with E-state index in [9.17, 15) is 14.9 Å². The molecule has 0 aliphatic carbocycles. The van der Waals surface area contributed by atoms with Gasteiger partial charge < -0.3 is 16.1 Å². The van der Waals surface area contributed by atoms with Gasteiger partial charge in [-0.05, 0) is 12.1 Å². The Balaban J connectivity index is 3.22. The van der Waals surface area contributed by atoms with Gasteiger partial charge in [0.05, 0.1) is 11.5 Å². The van der Waals surface area contributed by atoms with E-state index in [1.54, 1.807) is 6.07 Å². The number of amides is 1. The molecule has 0 fully saturated rings. The number of rotatable bonds is 5. The van der Waals surface area contributed by atoms with E-state index in [-0.39, 0.29) is 23.6 Å². The number of nitro groups is 1. The minimum Gasteiger partial charge on any atom is -0.368 e. The molecule has 92 valence electrons. The first-order valence-corrected chi connectivity index (χ1v) is 4.70. The molecule has 1 amide bonds. The third-order valence-electron chi connectivity index (χ3n) is 2.16. The van der Waals surface area contributed by atoms with E-state index in [1.807, 2.05) is 0 Å². The minimum absolute atomic E-state index is 0.116. The van der Waals surface area contributed by atoms with Crippen molar-refractivity contribution in [2.24, 2.45) is 11.6 Å². The summed E-state index contributed by atoms with van der Waals surface area (Å²) >= 11 is 0. The van der Waals surface area contributed by atoms with E-state index in [2.05, 4.69) is 5.43 Å². The van der Waals surface area contributed by atoms with Crippen LogP contribution in [0.5, 0.6) is 0 Å². The first-order chi connectivity index (χ1) is 7.97. The first kappa shape index (κ1) is 12.7. The Labute approximate surface area is 97.3 Å². The van der Waals surface area contributed by atoms with E-state index >= 15 is 0 Å². The van der Waals surface area contributed by atoms with Crippen molar-refractivity contribution in [2.45, 2.75) is 0 Å². The molecule has 0 unspecified atom stereocenters. The van der Waals surface area contributed by atoms with E-state index in [0.29, 0.717) is 0 Å². The zero-order chi connectivity index (χ0) is 13.0. The van der Waals surface area contributed by atoms with Crippen molar-refractivity contribution in [3.05, 3.63) is 28.3 Å². The second-order valence-corrected chi connectivity index (χ2v) is 3.40. The fourth-order valence-electron chi connectivity index (χ4n) is 1.47. The molecule has 0 saturated carbocycles. The van der Waals surface area contributed by atoms with Crippen molar-refractivity contribution in [3.8, 4) is 0 Å². The molecule has 0 radical (unpaired) electrons. The number of carbonyl (C=O) groups is 1. The number of hydrogen-bond donors (Lipinski definition) is 3. The van der Waals surface area contributed by atoms with Crippen LogP contribution in [0.15, 0.2) is 18.2 Å². The van der Waals surface area contributed by atoms with Crippen LogP contribution in [-0.4, -0.2) is 24.4 Å². The van der Waals surface area contributed by atoms with Gasteiger partial charge in [-0.15, -0.1) is 0 Å². The van der Waals surface area contributed by atoms with Gasteiger partial charge in [0.25, 0.3) is 0 Å². The Hall–Kier alpha value is -2.35. The van der Waals surface area contributed by atoms with Gasteiger partial charge in [-0.25, -0.2) is 0 Å². The molecule has 5 N–H and O–H groups in total. The highest BCUT2D eigenvalue weighted by atomic mass is 16.6. The number of nitro benzene ring substituents is 1. The summed E-state index contributed by atoms with van der Waals surface area (Å²) in [6.07, 6.45) is 0. The van der Waals surface area contributed by atoms with Gasteiger partial charge in [-0.1, -0.05) is 6.07 Å². The molecule has 8 heteroatoms. The van der Waals surface area contributed by atoms with Crippen molar-refractivity contribution in [2.75, 3.05) is 23.9 Å². The second-order valence-electron chi connectivity index (χ2n) is 3.40. The summed E-state index contributed by atoms with van der Waals surface area (Å²) in [6, 6.07) is 4.58. The lowest BCUT2D eigenvalue weighted by molar-refractivity contribution is -0.383. The number of carbonyl (C=O) groups excluding carboxylic acids is 1. The number of hydrazine groups is 1. The summed E-state index contributed by atoms with van der Waals surface area (Å²) < 4.78 is 0. The number of anilines is 2. The molecule has 0 aromatic heterocycles. The third-order valence-corrected chi connectivity index (χ3v) is 2.16. The largest absolute Gasteiger partial charge is 0.368 e. The number of hydrogen-bond acceptors (Lipinski definition) is 6. The van der Waals surface area contributed by atoms with Crippen molar-refractivity contribution < 1.29 is 9.72 Å². The van der Waals surface area contributed by atoms with Gasteiger partial charge in [0, 0.05) is 7.05 Å². The van der Waals surface area contributed by atoms with Gasteiger partial charge in [0.2, 0.25) is 5.91 Å². The van der Waals surface area contributed by atoms with Crippen molar-refractivity contribution >= 4 is 23.0 Å². The van der Waals surface area contributed by atoms with Crippen LogP contribution in [0.4, 0.5) is 17.1 Å². The summed E-state index contributed by atoms with van der Waals surface area (Å²) in [6.45, 7) is -0.116. The summed E-state index contributed by atoms with van der Waals surface area (Å²) in [7, 11) is 1.54. The van der Waals surface area contributed by atoms with Gasteiger partial charge >= 0.3 is 5.69 Å². The summed E-state index contributed by atoms with van der Waals surface area (Å²) in [4.78, 5) is 22.6. The zero-order valence-corrected chi connectivity index (χ0v) is 9.21. The highest BCUT2D eigenvalue weighted by Gasteiger charge is 2.22. The fourth-order valence-corrected chi connectivity index (χ4v) is 1.47. The molecule has 0 aliphatic heterocycles.